The van der Waals surface area contributed by atoms with Crippen LogP contribution in [0.15, 0.2) is 18.2 Å². The minimum absolute atomic E-state index is 0.0799. The number of hydrogen-bond donors (Lipinski definition) is 2. The van der Waals surface area contributed by atoms with Gasteiger partial charge in [0.1, 0.15) is 5.82 Å². The van der Waals surface area contributed by atoms with Crippen molar-refractivity contribution in [2.75, 3.05) is 0 Å². The molecule has 0 spiro atoms. The molecule has 1 aliphatic rings. The molecule has 1 saturated carbocycles. The summed E-state index contributed by atoms with van der Waals surface area (Å²) in [7, 11) is 0. The van der Waals surface area contributed by atoms with Gasteiger partial charge in [0, 0.05) is 0 Å². The summed E-state index contributed by atoms with van der Waals surface area (Å²) >= 11 is 5.61. The first-order valence-electron chi connectivity index (χ1n) is 5.98. The largest absolute Gasteiger partial charge is 0.391 e. The van der Waals surface area contributed by atoms with Crippen LogP contribution in [0.3, 0.4) is 0 Å². The van der Waals surface area contributed by atoms with Crippen LogP contribution in [0.25, 0.3) is 0 Å². The molecule has 1 aliphatic carbocycles. The molecular formula is C13H17ClFNO. The molecule has 1 aromatic carbocycles. The van der Waals surface area contributed by atoms with E-state index in [0.29, 0.717) is 5.56 Å². The molecule has 0 heterocycles. The molecule has 4 heteroatoms. The van der Waals surface area contributed by atoms with Gasteiger partial charge in [0.2, 0.25) is 0 Å². The summed E-state index contributed by atoms with van der Waals surface area (Å²) in [5.41, 5.74) is 6.58. The Bertz CT molecular complexity index is 393. The van der Waals surface area contributed by atoms with E-state index >= 15 is 0 Å². The van der Waals surface area contributed by atoms with E-state index < -0.39 is 18.0 Å². The van der Waals surface area contributed by atoms with E-state index in [1.54, 1.807) is 6.07 Å². The Morgan fingerprint density at radius 1 is 1.35 bits per heavy atom. The summed E-state index contributed by atoms with van der Waals surface area (Å²) in [5.74, 6) is -0.248. The highest BCUT2D eigenvalue weighted by Gasteiger charge is 2.28. The van der Waals surface area contributed by atoms with Crippen LogP contribution in [0.2, 0.25) is 5.02 Å². The van der Waals surface area contributed by atoms with Crippen molar-refractivity contribution in [3.8, 4) is 0 Å². The molecule has 2 rings (SSSR count). The Morgan fingerprint density at radius 2 is 2.00 bits per heavy atom. The van der Waals surface area contributed by atoms with Gasteiger partial charge in [-0.1, -0.05) is 30.5 Å². The second-order valence-corrected chi connectivity index (χ2v) is 5.14. The van der Waals surface area contributed by atoms with Crippen molar-refractivity contribution in [3.63, 3.8) is 0 Å². The lowest BCUT2D eigenvalue weighted by molar-refractivity contribution is 0.0844. The van der Waals surface area contributed by atoms with Crippen molar-refractivity contribution in [3.05, 3.63) is 34.6 Å². The second kappa shape index (κ2) is 5.34. The number of aliphatic hydroxyl groups is 1. The van der Waals surface area contributed by atoms with Gasteiger partial charge in [0.15, 0.2) is 0 Å². The number of benzene rings is 1. The summed E-state index contributed by atoms with van der Waals surface area (Å²) in [5, 5.41) is 10.2. The summed E-state index contributed by atoms with van der Waals surface area (Å²) in [6, 6.07) is 3.93. The molecule has 0 unspecified atom stereocenters. The average molecular weight is 258 g/mol. The first-order chi connectivity index (χ1) is 8.09. The van der Waals surface area contributed by atoms with E-state index in [1.807, 2.05) is 0 Å². The Morgan fingerprint density at radius 3 is 2.59 bits per heavy atom. The van der Waals surface area contributed by atoms with E-state index in [-0.39, 0.29) is 10.9 Å². The summed E-state index contributed by atoms with van der Waals surface area (Å²) in [6.45, 7) is 0. The molecule has 0 amide bonds. The van der Waals surface area contributed by atoms with E-state index in [9.17, 15) is 9.50 Å². The molecule has 0 aromatic heterocycles. The van der Waals surface area contributed by atoms with Crippen molar-refractivity contribution >= 4 is 11.6 Å². The first-order valence-corrected chi connectivity index (χ1v) is 6.36. The third kappa shape index (κ3) is 2.79. The molecule has 0 bridgehead atoms. The lowest BCUT2D eigenvalue weighted by Gasteiger charge is -2.24. The smallest absolute Gasteiger partial charge is 0.142 e. The van der Waals surface area contributed by atoms with Gasteiger partial charge in [-0.3, -0.25) is 0 Å². The van der Waals surface area contributed by atoms with Crippen LogP contribution in [0, 0.1) is 11.7 Å². The maximum atomic E-state index is 13.3. The molecule has 17 heavy (non-hydrogen) atoms. The summed E-state index contributed by atoms with van der Waals surface area (Å²) in [4.78, 5) is 0. The molecule has 2 nitrogen and oxygen atoms in total. The Hall–Kier alpha value is -0.640. The highest BCUT2D eigenvalue weighted by molar-refractivity contribution is 6.30. The van der Waals surface area contributed by atoms with Crippen LogP contribution >= 0.6 is 11.6 Å². The SMILES string of the molecule is N[C@H](c1ccc(Cl)c(F)c1)[C@@H](O)C1CCCC1. The lowest BCUT2D eigenvalue weighted by atomic mass is 9.91. The van der Waals surface area contributed by atoms with Crippen molar-refractivity contribution in [1.29, 1.82) is 0 Å². The third-order valence-corrected chi connectivity index (χ3v) is 3.89. The molecule has 1 aromatic rings. The van der Waals surface area contributed by atoms with Crippen molar-refractivity contribution in [1.82, 2.24) is 0 Å². The van der Waals surface area contributed by atoms with Crippen LogP contribution in [-0.2, 0) is 0 Å². The highest BCUT2D eigenvalue weighted by atomic mass is 35.5. The fourth-order valence-corrected chi connectivity index (χ4v) is 2.63. The van der Waals surface area contributed by atoms with Crippen LogP contribution < -0.4 is 5.73 Å². The number of halogens is 2. The molecule has 0 aliphatic heterocycles. The molecule has 1 fully saturated rings. The second-order valence-electron chi connectivity index (χ2n) is 4.73. The summed E-state index contributed by atoms with van der Waals surface area (Å²) < 4.78 is 13.3. The lowest BCUT2D eigenvalue weighted by Crippen LogP contribution is -2.32. The average Bonchev–Trinajstić information content (AvgIpc) is 2.84. The number of hydrogen-bond acceptors (Lipinski definition) is 2. The van der Waals surface area contributed by atoms with Gasteiger partial charge < -0.3 is 10.8 Å². The Kier molecular flexibility index (Phi) is 4.02. The monoisotopic (exact) mass is 257 g/mol. The van der Waals surface area contributed by atoms with Crippen molar-refractivity contribution < 1.29 is 9.50 Å². The molecule has 2 atom stereocenters. The molecular weight excluding hydrogens is 241 g/mol. The minimum atomic E-state index is -0.599. The predicted molar refractivity (Wildman–Crippen MR) is 66.3 cm³/mol. The number of rotatable bonds is 3. The zero-order valence-corrected chi connectivity index (χ0v) is 10.3. The normalized spacial score (nSPS) is 20.5. The predicted octanol–water partition coefficient (Wildman–Crippen LogP) is 3.03. The standard InChI is InChI=1S/C13H17ClFNO/c14-10-6-5-9(7-11(10)15)12(16)13(17)8-3-1-2-4-8/h5-8,12-13,17H,1-4,16H2/t12-,13+/m1/s1. The van der Waals surface area contributed by atoms with Gasteiger partial charge in [-0.05, 0) is 36.5 Å². The van der Waals surface area contributed by atoms with E-state index in [2.05, 4.69) is 0 Å². The van der Waals surface area contributed by atoms with Crippen LogP contribution in [0.5, 0.6) is 0 Å². The minimum Gasteiger partial charge on any atom is -0.391 e. The van der Waals surface area contributed by atoms with Crippen molar-refractivity contribution in [2.45, 2.75) is 37.8 Å². The van der Waals surface area contributed by atoms with Gasteiger partial charge in [-0.15, -0.1) is 0 Å². The Labute approximate surface area is 106 Å². The Balaban J connectivity index is 2.12. The highest BCUT2D eigenvalue weighted by Crippen LogP contribution is 2.33. The zero-order valence-electron chi connectivity index (χ0n) is 9.57. The summed E-state index contributed by atoms with van der Waals surface area (Å²) in [6.07, 6.45) is 3.70. The van der Waals surface area contributed by atoms with E-state index in [1.165, 1.54) is 12.1 Å². The molecule has 3 N–H and O–H groups in total. The fraction of sp³-hybridized carbons (Fsp3) is 0.538. The maximum absolute atomic E-state index is 13.3. The fourth-order valence-electron chi connectivity index (χ4n) is 2.51. The van der Waals surface area contributed by atoms with Gasteiger partial charge in [-0.25, -0.2) is 4.39 Å². The van der Waals surface area contributed by atoms with Gasteiger partial charge in [0.25, 0.3) is 0 Å². The zero-order chi connectivity index (χ0) is 12.4. The van der Waals surface area contributed by atoms with Crippen LogP contribution in [-0.4, -0.2) is 11.2 Å². The van der Waals surface area contributed by atoms with Gasteiger partial charge in [-0.2, -0.15) is 0 Å². The topological polar surface area (TPSA) is 46.2 Å². The molecule has 94 valence electrons. The molecule has 0 saturated heterocycles. The third-order valence-electron chi connectivity index (χ3n) is 3.58. The van der Waals surface area contributed by atoms with Crippen molar-refractivity contribution in [2.24, 2.45) is 11.7 Å². The quantitative estimate of drug-likeness (QED) is 0.874. The van der Waals surface area contributed by atoms with Crippen LogP contribution in [0.1, 0.15) is 37.3 Å². The van der Waals surface area contributed by atoms with Gasteiger partial charge >= 0.3 is 0 Å². The number of aliphatic hydroxyl groups excluding tert-OH is 1. The van der Waals surface area contributed by atoms with Gasteiger partial charge in [0.05, 0.1) is 17.2 Å². The van der Waals surface area contributed by atoms with E-state index in [0.717, 1.165) is 25.7 Å². The maximum Gasteiger partial charge on any atom is 0.142 e. The van der Waals surface area contributed by atoms with Crippen LogP contribution in [0.4, 0.5) is 4.39 Å². The molecule has 0 radical (unpaired) electrons. The number of nitrogens with two attached hydrogens (primary N) is 1. The van der Waals surface area contributed by atoms with E-state index in [4.69, 9.17) is 17.3 Å². The first kappa shape index (κ1) is 12.8.